The predicted molar refractivity (Wildman–Crippen MR) is 250 cm³/mol. The summed E-state index contributed by atoms with van der Waals surface area (Å²) in [6.45, 7) is 6.27. The minimum atomic E-state index is -0.816. The second kappa shape index (κ2) is 45.1. The Morgan fingerprint density at radius 3 is 1.53 bits per heavy atom. The van der Waals surface area contributed by atoms with Gasteiger partial charge in [0, 0.05) is 12.8 Å². The van der Waals surface area contributed by atoms with Gasteiger partial charge >= 0.3 is 5.97 Å². The molecule has 0 bridgehead atoms. The maximum atomic E-state index is 13.1. The Hall–Kier alpha value is -2.96. The number of hydrogen-bond donors (Lipinski definition) is 3. The first-order chi connectivity index (χ1) is 28.5. The third kappa shape index (κ3) is 39.8. The normalized spacial score (nSPS) is 14.1. The van der Waals surface area contributed by atoms with Gasteiger partial charge in [0.1, 0.15) is 6.10 Å². The molecule has 0 saturated heterocycles. The van der Waals surface area contributed by atoms with Crippen LogP contribution in [0.2, 0.25) is 0 Å². The first-order valence-electron chi connectivity index (χ1n) is 23.8. The van der Waals surface area contributed by atoms with Gasteiger partial charge in [-0.15, -0.1) is 0 Å². The molecule has 332 valence electrons. The van der Waals surface area contributed by atoms with Crippen LogP contribution in [0.1, 0.15) is 207 Å². The lowest BCUT2D eigenvalue weighted by molar-refractivity contribution is -0.150. The Morgan fingerprint density at radius 2 is 1.00 bits per heavy atom. The number of aliphatic hydroxyl groups is 2. The monoisotopic (exact) mass is 808 g/mol. The lowest BCUT2D eigenvalue weighted by atomic mass is 10.0. The van der Waals surface area contributed by atoms with Crippen LogP contribution in [0.3, 0.4) is 0 Å². The number of esters is 1. The van der Waals surface area contributed by atoms with Gasteiger partial charge in [-0.2, -0.15) is 0 Å². The molecule has 3 N–H and O–H groups in total. The Morgan fingerprint density at radius 1 is 0.552 bits per heavy atom. The van der Waals surface area contributed by atoms with E-state index >= 15 is 0 Å². The molecular weight excluding hydrogens is 719 g/mol. The van der Waals surface area contributed by atoms with Crippen molar-refractivity contribution in [3.8, 4) is 0 Å². The second-order valence-electron chi connectivity index (χ2n) is 15.8. The lowest BCUT2D eigenvalue weighted by Crippen LogP contribution is -2.46. The van der Waals surface area contributed by atoms with Crippen LogP contribution in [0, 0.1) is 0 Å². The summed E-state index contributed by atoms with van der Waals surface area (Å²) in [5.74, 6) is -0.602. The summed E-state index contributed by atoms with van der Waals surface area (Å²) in [5, 5.41) is 23.6. The highest BCUT2D eigenvalue weighted by atomic mass is 16.5. The number of unbranched alkanes of at least 4 members (excludes halogenated alkanes) is 17. The van der Waals surface area contributed by atoms with Gasteiger partial charge in [-0.25, -0.2) is 0 Å². The number of allylic oxidation sites excluding steroid dienone is 13. The zero-order chi connectivity index (χ0) is 42.4. The number of amides is 1. The molecular formula is C52H89NO5. The fourth-order valence-electron chi connectivity index (χ4n) is 6.62. The van der Waals surface area contributed by atoms with Crippen LogP contribution in [-0.4, -0.2) is 46.9 Å². The van der Waals surface area contributed by atoms with E-state index in [2.05, 4.69) is 99.0 Å². The van der Waals surface area contributed by atoms with Crippen LogP contribution in [0.5, 0.6) is 0 Å². The zero-order valence-corrected chi connectivity index (χ0v) is 37.6. The molecule has 0 aromatic rings. The fraction of sp³-hybridized carbons (Fsp3) is 0.692. The Balaban J connectivity index is 4.78. The van der Waals surface area contributed by atoms with Crippen molar-refractivity contribution >= 4 is 11.9 Å². The Bertz CT molecular complexity index is 1130. The lowest BCUT2D eigenvalue weighted by Gasteiger charge is -2.24. The van der Waals surface area contributed by atoms with E-state index in [4.69, 9.17) is 4.74 Å². The smallest absolute Gasteiger partial charge is 0.306 e. The minimum Gasteiger partial charge on any atom is -0.461 e. The fourth-order valence-corrected chi connectivity index (χ4v) is 6.62. The Labute approximate surface area is 357 Å². The molecule has 6 heteroatoms. The van der Waals surface area contributed by atoms with Crippen molar-refractivity contribution in [2.75, 3.05) is 6.61 Å². The Kier molecular flexibility index (Phi) is 42.8. The number of aliphatic hydroxyl groups excluding tert-OH is 2. The van der Waals surface area contributed by atoms with E-state index in [1.807, 2.05) is 12.2 Å². The van der Waals surface area contributed by atoms with E-state index < -0.39 is 18.2 Å². The zero-order valence-electron chi connectivity index (χ0n) is 37.6. The first kappa shape index (κ1) is 55.0. The van der Waals surface area contributed by atoms with Crippen LogP contribution < -0.4 is 5.32 Å². The molecule has 0 saturated carbocycles. The summed E-state index contributed by atoms with van der Waals surface area (Å²) in [6.07, 6.45) is 58.0. The van der Waals surface area contributed by atoms with Gasteiger partial charge < -0.3 is 20.3 Å². The number of carbonyl (C=O) groups excluding carboxylic acids is 2. The molecule has 6 nitrogen and oxygen atoms in total. The van der Waals surface area contributed by atoms with Gasteiger partial charge in [0.15, 0.2) is 0 Å². The van der Waals surface area contributed by atoms with Gasteiger partial charge in [-0.1, -0.05) is 202 Å². The SMILES string of the molecule is CC/C=C\C/C=C\C/C=C\C/C=C\C/C=C\CC(CC(=O)NC(CO)C(O)CCCCCCCCCCC)OC(=O)CCCCCCCC/C=C/C=C/CCCCC. The van der Waals surface area contributed by atoms with Gasteiger partial charge in [-0.3, -0.25) is 9.59 Å². The van der Waals surface area contributed by atoms with Gasteiger partial charge in [0.05, 0.1) is 25.2 Å². The summed E-state index contributed by atoms with van der Waals surface area (Å²) in [4.78, 5) is 26.0. The molecule has 3 atom stereocenters. The van der Waals surface area contributed by atoms with Gasteiger partial charge in [0.25, 0.3) is 0 Å². The third-order valence-electron chi connectivity index (χ3n) is 10.2. The number of rotatable bonds is 41. The van der Waals surface area contributed by atoms with Crippen molar-refractivity contribution in [1.29, 1.82) is 0 Å². The molecule has 58 heavy (non-hydrogen) atoms. The van der Waals surface area contributed by atoms with E-state index in [9.17, 15) is 19.8 Å². The van der Waals surface area contributed by atoms with Crippen LogP contribution in [-0.2, 0) is 14.3 Å². The van der Waals surface area contributed by atoms with E-state index in [1.165, 1.54) is 83.5 Å². The highest BCUT2D eigenvalue weighted by Crippen LogP contribution is 2.15. The van der Waals surface area contributed by atoms with Gasteiger partial charge in [-0.05, 0) is 70.6 Å². The number of carbonyl (C=O) groups is 2. The van der Waals surface area contributed by atoms with Crippen LogP contribution >= 0.6 is 0 Å². The van der Waals surface area contributed by atoms with Crippen molar-refractivity contribution in [3.63, 3.8) is 0 Å². The summed E-state index contributed by atoms with van der Waals surface area (Å²) in [6, 6.07) is -0.736. The summed E-state index contributed by atoms with van der Waals surface area (Å²) >= 11 is 0. The number of nitrogens with one attached hydrogen (secondary N) is 1. The molecule has 0 aromatic heterocycles. The first-order valence-corrected chi connectivity index (χ1v) is 23.8. The maximum Gasteiger partial charge on any atom is 0.306 e. The average Bonchev–Trinajstić information content (AvgIpc) is 3.22. The summed E-state index contributed by atoms with van der Waals surface area (Å²) in [7, 11) is 0. The highest BCUT2D eigenvalue weighted by molar-refractivity contribution is 5.77. The molecule has 3 unspecified atom stereocenters. The van der Waals surface area contributed by atoms with E-state index in [1.54, 1.807) is 0 Å². The maximum absolute atomic E-state index is 13.1. The largest absolute Gasteiger partial charge is 0.461 e. The predicted octanol–water partition coefficient (Wildman–Crippen LogP) is 14.0. The second-order valence-corrected chi connectivity index (χ2v) is 15.8. The molecule has 0 aliphatic rings. The molecule has 0 rings (SSSR count). The highest BCUT2D eigenvalue weighted by Gasteiger charge is 2.23. The molecule has 0 aromatic carbocycles. The summed E-state index contributed by atoms with van der Waals surface area (Å²) < 4.78 is 5.84. The molecule has 0 spiro atoms. The van der Waals surface area contributed by atoms with Crippen molar-refractivity contribution in [2.45, 2.75) is 225 Å². The molecule has 0 radical (unpaired) electrons. The minimum absolute atomic E-state index is 0.00953. The van der Waals surface area contributed by atoms with E-state index in [0.29, 0.717) is 19.3 Å². The van der Waals surface area contributed by atoms with Crippen molar-refractivity contribution in [1.82, 2.24) is 5.32 Å². The van der Waals surface area contributed by atoms with Gasteiger partial charge in [0.2, 0.25) is 5.91 Å². The quantitative estimate of drug-likeness (QED) is 0.0247. The molecule has 1 amide bonds. The van der Waals surface area contributed by atoms with E-state index in [-0.39, 0.29) is 24.9 Å². The summed E-state index contributed by atoms with van der Waals surface area (Å²) in [5.41, 5.74) is 0. The van der Waals surface area contributed by atoms with Crippen LogP contribution in [0.15, 0.2) is 85.1 Å². The topological polar surface area (TPSA) is 95.9 Å². The van der Waals surface area contributed by atoms with Crippen molar-refractivity contribution < 1.29 is 24.5 Å². The molecule has 0 heterocycles. The number of ether oxygens (including phenoxy) is 1. The molecule has 0 aliphatic carbocycles. The molecule has 0 aliphatic heterocycles. The van der Waals surface area contributed by atoms with Crippen LogP contribution in [0.25, 0.3) is 0 Å². The third-order valence-corrected chi connectivity index (χ3v) is 10.2. The number of hydrogen-bond acceptors (Lipinski definition) is 5. The van der Waals surface area contributed by atoms with Crippen molar-refractivity contribution in [3.05, 3.63) is 85.1 Å². The molecule has 0 fully saturated rings. The van der Waals surface area contributed by atoms with Crippen LogP contribution in [0.4, 0.5) is 0 Å². The average molecular weight is 808 g/mol. The standard InChI is InChI=1S/C52H89NO5/c1-4-7-10-13-16-19-21-23-25-27-29-32-34-37-40-43-48(46-51(56)53-49(47-54)50(55)44-41-38-35-31-18-15-12-9-6-3)58-52(57)45-42-39-36-33-30-28-26-24-22-20-17-14-11-8-5-2/h7,10,16-17,19-20,22-25,29,32,37,40,48-50,54-55H,4-6,8-9,11-15,18,21,26-28,30-31,33-36,38-39,41-47H2,1-3H3,(H,53,56)/b10-7-,19-16-,20-17+,24-22+,25-23-,32-29-,40-37-. The van der Waals surface area contributed by atoms with Crippen molar-refractivity contribution in [2.24, 2.45) is 0 Å². The van der Waals surface area contributed by atoms with E-state index in [0.717, 1.165) is 77.0 Å².